The summed E-state index contributed by atoms with van der Waals surface area (Å²) in [4.78, 5) is 0. The number of hydrogen-bond donors (Lipinski definition) is 2. The van der Waals surface area contributed by atoms with E-state index in [9.17, 15) is 0 Å². The zero-order chi connectivity index (χ0) is 22.7. The second-order valence-electron chi connectivity index (χ2n) is 7.44. The van der Waals surface area contributed by atoms with Crippen molar-refractivity contribution in [3.05, 3.63) is 93.4 Å². The number of benzene rings is 2. The van der Waals surface area contributed by atoms with Gasteiger partial charge < -0.3 is 10.6 Å². The predicted molar refractivity (Wildman–Crippen MR) is 135 cm³/mol. The monoisotopic (exact) mass is 484 g/mol. The maximum atomic E-state index is 6.11. The summed E-state index contributed by atoms with van der Waals surface area (Å²) in [5.74, 6) is 0.665. The van der Waals surface area contributed by atoms with Gasteiger partial charge in [0, 0.05) is 22.3 Å². The third-order valence-electron chi connectivity index (χ3n) is 4.98. The Hall–Kier alpha value is -2.87. The number of rotatable bonds is 6. The van der Waals surface area contributed by atoms with Crippen molar-refractivity contribution in [2.45, 2.75) is 26.9 Å². The van der Waals surface area contributed by atoms with Crippen molar-refractivity contribution in [3.8, 4) is 0 Å². The molecule has 4 rings (SSSR count). The molecular formula is C23H22Cl2N6S. The summed E-state index contributed by atoms with van der Waals surface area (Å²) in [6.45, 7) is 5.24. The molecular weight excluding hydrogens is 463 g/mol. The molecule has 0 saturated heterocycles. The van der Waals surface area contributed by atoms with E-state index in [0.717, 1.165) is 33.2 Å². The average Bonchev–Trinajstić information content (AvgIpc) is 3.29. The molecule has 6 nitrogen and oxygen atoms in total. The minimum Gasteiger partial charge on any atom is -0.329 e. The zero-order valence-corrected chi connectivity index (χ0v) is 20.0. The van der Waals surface area contributed by atoms with E-state index in [1.165, 1.54) is 0 Å². The molecule has 0 aliphatic rings. The molecule has 2 aromatic heterocycles. The number of nitrogens with one attached hydrogen (secondary N) is 2. The molecule has 2 N–H and O–H groups in total. The number of anilines is 2. The van der Waals surface area contributed by atoms with E-state index in [4.69, 9.17) is 35.4 Å². The van der Waals surface area contributed by atoms with Crippen LogP contribution < -0.4 is 10.6 Å². The summed E-state index contributed by atoms with van der Waals surface area (Å²) in [5, 5.41) is 17.5. The van der Waals surface area contributed by atoms with Crippen LogP contribution in [0.3, 0.4) is 0 Å². The Balaban J connectivity index is 1.39. The van der Waals surface area contributed by atoms with E-state index >= 15 is 0 Å². The van der Waals surface area contributed by atoms with Crippen LogP contribution in [0.25, 0.3) is 0 Å². The molecule has 164 valence electrons. The van der Waals surface area contributed by atoms with Crippen LogP contribution in [0, 0.1) is 13.8 Å². The molecule has 0 aliphatic heterocycles. The Morgan fingerprint density at radius 3 is 2.44 bits per heavy atom. The number of halogens is 2. The summed E-state index contributed by atoms with van der Waals surface area (Å²) in [6, 6.07) is 17.4. The SMILES string of the molecule is Cc1nn(Cc2cccc(Cl)c2)c(C)c1NC(=S)Nc1ccn(Cc2ccc(Cl)cc2)n1. The minimum absolute atomic E-state index is 0.454. The first kappa shape index (κ1) is 22.3. The molecule has 2 aromatic carbocycles. The number of hydrogen-bond acceptors (Lipinski definition) is 3. The number of aromatic nitrogens is 4. The van der Waals surface area contributed by atoms with Gasteiger partial charge in [0.1, 0.15) is 0 Å². The maximum Gasteiger partial charge on any atom is 0.176 e. The normalized spacial score (nSPS) is 10.9. The van der Waals surface area contributed by atoms with Crippen LogP contribution in [-0.4, -0.2) is 24.7 Å². The molecule has 0 saturated carbocycles. The molecule has 0 aliphatic carbocycles. The molecule has 0 fully saturated rings. The van der Waals surface area contributed by atoms with E-state index in [-0.39, 0.29) is 0 Å². The van der Waals surface area contributed by atoms with Crippen LogP contribution in [-0.2, 0) is 13.1 Å². The molecule has 0 atom stereocenters. The highest BCUT2D eigenvalue weighted by Gasteiger charge is 2.14. The largest absolute Gasteiger partial charge is 0.329 e. The Bertz CT molecular complexity index is 1250. The highest BCUT2D eigenvalue weighted by atomic mass is 35.5. The van der Waals surface area contributed by atoms with Gasteiger partial charge in [-0.15, -0.1) is 0 Å². The molecule has 4 aromatic rings. The van der Waals surface area contributed by atoms with Gasteiger partial charge in [-0.2, -0.15) is 10.2 Å². The van der Waals surface area contributed by atoms with Crippen molar-refractivity contribution < 1.29 is 0 Å². The smallest absolute Gasteiger partial charge is 0.176 e. The average molecular weight is 485 g/mol. The van der Waals surface area contributed by atoms with E-state index < -0.39 is 0 Å². The van der Waals surface area contributed by atoms with Gasteiger partial charge in [0.05, 0.1) is 30.2 Å². The second kappa shape index (κ2) is 9.73. The van der Waals surface area contributed by atoms with Gasteiger partial charge in [-0.1, -0.05) is 47.5 Å². The first-order valence-electron chi connectivity index (χ1n) is 10.0. The van der Waals surface area contributed by atoms with Gasteiger partial charge in [0.2, 0.25) is 0 Å². The van der Waals surface area contributed by atoms with E-state index in [1.54, 1.807) is 0 Å². The minimum atomic E-state index is 0.454. The first-order chi connectivity index (χ1) is 15.4. The standard InChI is InChI=1S/C23H22Cl2N6S/c1-15-22(16(2)31(28-15)14-18-4-3-5-20(25)12-18)27-23(32)26-21-10-11-30(29-21)13-17-6-8-19(24)9-7-17/h3-12H,13-14H2,1-2H3,(H2,26,27,29,32). The summed E-state index contributed by atoms with van der Waals surface area (Å²) >= 11 is 17.6. The number of nitrogens with zero attached hydrogens (tertiary/aromatic N) is 4. The van der Waals surface area contributed by atoms with Crippen molar-refractivity contribution in [1.29, 1.82) is 0 Å². The van der Waals surface area contributed by atoms with Crippen LogP contribution in [0.4, 0.5) is 11.5 Å². The van der Waals surface area contributed by atoms with Gasteiger partial charge in [-0.3, -0.25) is 9.36 Å². The van der Waals surface area contributed by atoms with Crippen molar-refractivity contribution in [2.75, 3.05) is 10.6 Å². The third-order valence-corrected chi connectivity index (χ3v) is 5.67. The van der Waals surface area contributed by atoms with E-state index in [2.05, 4.69) is 20.8 Å². The lowest BCUT2D eigenvalue weighted by molar-refractivity contribution is 0.659. The van der Waals surface area contributed by atoms with Gasteiger partial charge in [-0.25, -0.2) is 0 Å². The third kappa shape index (κ3) is 5.48. The lowest BCUT2D eigenvalue weighted by atomic mass is 10.2. The quantitative estimate of drug-likeness (QED) is 0.333. The Morgan fingerprint density at radius 2 is 1.69 bits per heavy atom. The molecule has 2 heterocycles. The summed E-state index contributed by atoms with van der Waals surface area (Å²) in [7, 11) is 0. The Labute approximate surface area is 202 Å². The topological polar surface area (TPSA) is 59.7 Å². The molecule has 0 amide bonds. The van der Waals surface area contributed by atoms with Crippen molar-refractivity contribution in [2.24, 2.45) is 0 Å². The lowest BCUT2D eigenvalue weighted by Gasteiger charge is -2.10. The van der Waals surface area contributed by atoms with E-state index in [1.807, 2.05) is 84.0 Å². The summed E-state index contributed by atoms with van der Waals surface area (Å²) < 4.78 is 3.78. The van der Waals surface area contributed by atoms with E-state index in [0.29, 0.717) is 29.0 Å². The highest BCUT2D eigenvalue weighted by Crippen LogP contribution is 2.22. The number of aryl methyl sites for hydroxylation is 1. The fourth-order valence-electron chi connectivity index (χ4n) is 3.39. The molecule has 32 heavy (non-hydrogen) atoms. The van der Waals surface area contributed by atoms with Gasteiger partial charge in [-0.05, 0) is 61.5 Å². The van der Waals surface area contributed by atoms with Gasteiger partial charge in [0.15, 0.2) is 10.9 Å². The lowest BCUT2D eigenvalue weighted by Crippen LogP contribution is -2.20. The summed E-state index contributed by atoms with van der Waals surface area (Å²) in [5.41, 5.74) is 4.93. The predicted octanol–water partition coefficient (Wildman–Crippen LogP) is 5.91. The van der Waals surface area contributed by atoms with Gasteiger partial charge >= 0.3 is 0 Å². The van der Waals surface area contributed by atoms with Crippen LogP contribution in [0.5, 0.6) is 0 Å². The first-order valence-corrected chi connectivity index (χ1v) is 11.2. The molecule has 0 spiro atoms. The van der Waals surface area contributed by atoms with Crippen molar-refractivity contribution in [3.63, 3.8) is 0 Å². The molecule has 0 bridgehead atoms. The second-order valence-corrected chi connectivity index (χ2v) is 8.72. The molecule has 9 heteroatoms. The zero-order valence-electron chi connectivity index (χ0n) is 17.6. The van der Waals surface area contributed by atoms with Gasteiger partial charge in [0.25, 0.3) is 0 Å². The summed E-state index contributed by atoms with van der Waals surface area (Å²) in [6.07, 6.45) is 1.90. The van der Waals surface area contributed by atoms with Crippen molar-refractivity contribution in [1.82, 2.24) is 19.6 Å². The fourth-order valence-corrected chi connectivity index (χ4v) is 3.94. The van der Waals surface area contributed by atoms with Crippen molar-refractivity contribution >= 4 is 52.0 Å². The van der Waals surface area contributed by atoms with Crippen LogP contribution in [0.1, 0.15) is 22.5 Å². The molecule has 0 unspecified atom stereocenters. The maximum absolute atomic E-state index is 6.11. The fraction of sp³-hybridized carbons (Fsp3) is 0.174. The van der Waals surface area contributed by atoms with Crippen LogP contribution >= 0.6 is 35.4 Å². The number of thiocarbonyl (C=S) groups is 1. The highest BCUT2D eigenvalue weighted by molar-refractivity contribution is 7.80. The Kier molecular flexibility index (Phi) is 6.79. The van der Waals surface area contributed by atoms with Crippen LogP contribution in [0.15, 0.2) is 60.8 Å². The molecule has 0 radical (unpaired) electrons. The Morgan fingerprint density at radius 1 is 0.906 bits per heavy atom. The van der Waals surface area contributed by atoms with Crippen LogP contribution in [0.2, 0.25) is 10.0 Å².